The Kier molecular flexibility index (Phi) is 6.19. The number of carbonyl (C=O) groups excluding carboxylic acids is 1. The Hall–Kier alpha value is -2.51. The summed E-state index contributed by atoms with van der Waals surface area (Å²) in [7, 11) is 0. The van der Waals surface area contributed by atoms with Crippen LogP contribution in [0.4, 0.5) is 0 Å². The van der Waals surface area contributed by atoms with Gasteiger partial charge >= 0.3 is 5.97 Å². The SMILES string of the molecule is CCc1ccc(-n2c(Cl)cnc2SC(C)(C)C(=O)NCC(=O)O)c2ccccc12. The van der Waals surface area contributed by atoms with Crippen molar-refractivity contribution in [2.24, 2.45) is 0 Å². The second-order valence-corrected chi connectivity index (χ2v) is 9.01. The second-order valence-electron chi connectivity index (χ2n) is 7.03. The van der Waals surface area contributed by atoms with Crippen LogP contribution in [0.5, 0.6) is 0 Å². The van der Waals surface area contributed by atoms with E-state index in [9.17, 15) is 9.59 Å². The van der Waals surface area contributed by atoms with E-state index < -0.39 is 17.3 Å². The molecule has 1 aromatic heterocycles. The van der Waals surface area contributed by atoms with Gasteiger partial charge in [0.25, 0.3) is 0 Å². The van der Waals surface area contributed by atoms with Crippen molar-refractivity contribution in [1.29, 1.82) is 0 Å². The number of carboxylic acids is 1. The van der Waals surface area contributed by atoms with Crippen LogP contribution in [0.3, 0.4) is 0 Å². The van der Waals surface area contributed by atoms with Crippen molar-refractivity contribution in [3.05, 3.63) is 53.3 Å². The first kappa shape index (κ1) is 21.2. The third kappa shape index (κ3) is 4.41. The molecule has 6 nitrogen and oxygen atoms in total. The third-order valence-corrected chi connectivity index (χ3v) is 6.03. The maximum absolute atomic E-state index is 12.5. The topological polar surface area (TPSA) is 84.2 Å². The molecular weight excluding hydrogens is 410 g/mol. The van der Waals surface area contributed by atoms with E-state index in [1.54, 1.807) is 20.0 Å². The van der Waals surface area contributed by atoms with Gasteiger partial charge in [-0.05, 0) is 37.3 Å². The Morgan fingerprint density at radius 2 is 1.90 bits per heavy atom. The van der Waals surface area contributed by atoms with Gasteiger partial charge in [0.1, 0.15) is 11.7 Å². The van der Waals surface area contributed by atoms with Gasteiger partial charge in [0.2, 0.25) is 5.91 Å². The van der Waals surface area contributed by atoms with Crippen molar-refractivity contribution in [3.8, 4) is 5.69 Å². The second kappa shape index (κ2) is 8.47. The molecule has 29 heavy (non-hydrogen) atoms. The van der Waals surface area contributed by atoms with E-state index in [0.29, 0.717) is 10.3 Å². The number of nitrogens with zero attached hydrogens (tertiary/aromatic N) is 2. The molecule has 2 aromatic carbocycles. The maximum Gasteiger partial charge on any atom is 0.322 e. The summed E-state index contributed by atoms with van der Waals surface area (Å²) in [6.07, 6.45) is 2.47. The van der Waals surface area contributed by atoms with E-state index in [4.69, 9.17) is 16.7 Å². The van der Waals surface area contributed by atoms with Gasteiger partial charge in [0.15, 0.2) is 5.16 Å². The number of rotatable bonds is 7. The Bertz CT molecular complexity index is 1080. The van der Waals surface area contributed by atoms with Crippen LogP contribution < -0.4 is 5.32 Å². The van der Waals surface area contributed by atoms with Gasteiger partial charge < -0.3 is 10.4 Å². The minimum absolute atomic E-state index is 0.387. The van der Waals surface area contributed by atoms with Crippen molar-refractivity contribution in [1.82, 2.24) is 14.9 Å². The fourth-order valence-electron chi connectivity index (χ4n) is 3.10. The molecule has 0 radical (unpaired) electrons. The normalized spacial score (nSPS) is 11.6. The summed E-state index contributed by atoms with van der Waals surface area (Å²) in [5.74, 6) is -1.48. The molecule has 152 valence electrons. The molecule has 2 N–H and O–H groups in total. The van der Waals surface area contributed by atoms with Crippen LogP contribution in [0.2, 0.25) is 5.15 Å². The number of aryl methyl sites for hydroxylation is 1. The predicted octanol–water partition coefficient (Wildman–Crippen LogP) is 4.31. The van der Waals surface area contributed by atoms with Gasteiger partial charge in [-0.1, -0.05) is 60.6 Å². The number of benzene rings is 2. The number of amides is 1. The summed E-state index contributed by atoms with van der Waals surface area (Å²) in [5, 5.41) is 14.4. The van der Waals surface area contributed by atoms with Crippen LogP contribution in [0.1, 0.15) is 26.3 Å². The molecule has 1 heterocycles. The standard InChI is InChI=1S/C21H22ClN3O3S/c1-4-13-9-10-16(15-8-6-5-7-14(13)15)25-17(22)11-24-20(25)29-21(2,3)19(28)23-12-18(26)27/h5-11H,4,12H2,1-3H3,(H,23,28)(H,26,27). The van der Waals surface area contributed by atoms with Crippen LogP contribution in [-0.2, 0) is 16.0 Å². The molecule has 0 bridgehead atoms. The van der Waals surface area contributed by atoms with Crippen LogP contribution in [0.25, 0.3) is 16.5 Å². The fourth-order valence-corrected chi connectivity index (χ4v) is 4.38. The van der Waals surface area contributed by atoms with E-state index in [2.05, 4.69) is 29.4 Å². The molecule has 0 saturated heterocycles. The molecule has 0 unspecified atom stereocenters. The molecule has 0 saturated carbocycles. The maximum atomic E-state index is 12.5. The summed E-state index contributed by atoms with van der Waals surface area (Å²) in [6, 6.07) is 12.2. The molecule has 0 fully saturated rings. The first-order valence-electron chi connectivity index (χ1n) is 9.18. The number of hydrogen-bond acceptors (Lipinski definition) is 4. The molecule has 3 aromatic rings. The summed E-state index contributed by atoms with van der Waals surface area (Å²) >= 11 is 7.70. The van der Waals surface area contributed by atoms with Gasteiger partial charge in [-0.15, -0.1) is 0 Å². The highest BCUT2D eigenvalue weighted by Gasteiger charge is 2.32. The van der Waals surface area contributed by atoms with Crippen molar-refractivity contribution in [2.75, 3.05) is 6.54 Å². The number of nitrogens with one attached hydrogen (secondary N) is 1. The minimum Gasteiger partial charge on any atom is -0.480 e. The predicted molar refractivity (Wildman–Crippen MR) is 116 cm³/mol. The van der Waals surface area contributed by atoms with Gasteiger partial charge in [-0.3, -0.25) is 14.2 Å². The average molecular weight is 432 g/mol. The van der Waals surface area contributed by atoms with Gasteiger partial charge in [0.05, 0.1) is 16.6 Å². The first-order valence-corrected chi connectivity index (χ1v) is 10.4. The zero-order valence-electron chi connectivity index (χ0n) is 16.4. The summed E-state index contributed by atoms with van der Waals surface area (Å²) < 4.78 is 0.876. The highest BCUT2D eigenvalue weighted by molar-refractivity contribution is 8.01. The van der Waals surface area contributed by atoms with Gasteiger partial charge in [-0.2, -0.15) is 0 Å². The molecule has 0 spiro atoms. The largest absolute Gasteiger partial charge is 0.480 e. The zero-order valence-corrected chi connectivity index (χ0v) is 18.0. The zero-order chi connectivity index (χ0) is 21.2. The molecule has 0 aliphatic rings. The van der Waals surface area contributed by atoms with E-state index in [1.165, 1.54) is 17.3 Å². The number of halogens is 1. The lowest BCUT2D eigenvalue weighted by Crippen LogP contribution is -2.42. The van der Waals surface area contributed by atoms with E-state index in [-0.39, 0.29) is 5.91 Å². The molecular formula is C21H22ClN3O3S. The monoisotopic (exact) mass is 431 g/mol. The van der Waals surface area contributed by atoms with Crippen LogP contribution >= 0.6 is 23.4 Å². The number of thioether (sulfide) groups is 1. The first-order chi connectivity index (χ1) is 13.7. The van der Waals surface area contributed by atoms with E-state index in [0.717, 1.165) is 22.9 Å². The summed E-state index contributed by atoms with van der Waals surface area (Å²) in [5.41, 5.74) is 2.12. The van der Waals surface area contributed by atoms with Gasteiger partial charge in [0, 0.05) is 5.39 Å². The minimum atomic E-state index is -1.09. The van der Waals surface area contributed by atoms with Crippen LogP contribution in [0, 0.1) is 0 Å². The van der Waals surface area contributed by atoms with E-state index >= 15 is 0 Å². The van der Waals surface area contributed by atoms with Crippen molar-refractivity contribution < 1.29 is 14.7 Å². The molecule has 0 aliphatic carbocycles. The van der Waals surface area contributed by atoms with Crippen molar-refractivity contribution >= 4 is 46.0 Å². The molecule has 1 amide bonds. The number of aromatic nitrogens is 2. The molecule has 0 aliphatic heterocycles. The Morgan fingerprint density at radius 3 is 2.55 bits per heavy atom. The average Bonchev–Trinajstić information content (AvgIpc) is 3.04. The van der Waals surface area contributed by atoms with Crippen LogP contribution in [0.15, 0.2) is 47.8 Å². The highest BCUT2D eigenvalue weighted by Crippen LogP contribution is 2.37. The highest BCUT2D eigenvalue weighted by atomic mass is 35.5. The molecule has 3 rings (SSSR count). The van der Waals surface area contributed by atoms with Crippen molar-refractivity contribution in [3.63, 3.8) is 0 Å². The Balaban J connectivity index is 2.02. The number of carboxylic acid groups (broad SMARTS) is 1. The fraction of sp³-hybridized carbons (Fsp3) is 0.286. The number of hydrogen-bond donors (Lipinski definition) is 2. The van der Waals surface area contributed by atoms with Crippen LogP contribution in [-0.4, -0.2) is 37.8 Å². The lowest BCUT2D eigenvalue weighted by Gasteiger charge is -2.23. The Morgan fingerprint density at radius 1 is 1.21 bits per heavy atom. The number of carbonyl (C=O) groups is 2. The number of fused-ring (bicyclic) bond motifs is 1. The number of aliphatic carboxylic acids is 1. The van der Waals surface area contributed by atoms with E-state index in [1.807, 2.05) is 28.8 Å². The summed E-state index contributed by atoms with van der Waals surface area (Å²) in [6.45, 7) is 5.13. The van der Waals surface area contributed by atoms with Gasteiger partial charge in [-0.25, -0.2) is 4.98 Å². The third-order valence-electron chi connectivity index (χ3n) is 4.59. The Labute approximate surface area is 178 Å². The quantitative estimate of drug-likeness (QED) is 0.544. The number of imidazole rings is 1. The smallest absolute Gasteiger partial charge is 0.322 e. The summed E-state index contributed by atoms with van der Waals surface area (Å²) in [4.78, 5) is 27.6. The lowest BCUT2D eigenvalue weighted by atomic mass is 10.0. The lowest BCUT2D eigenvalue weighted by molar-refractivity contribution is -0.138. The van der Waals surface area contributed by atoms with Crippen molar-refractivity contribution in [2.45, 2.75) is 37.1 Å². The molecule has 8 heteroatoms. The molecule has 0 atom stereocenters.